The molecule has 0 atom stereocenters. The highest BCUT2D eigenvalue weighted by Gasteiger charge is 2.13. The molecule has 1 aromatic carbocycles. The summed E-state index contributed by atoms with van der Waals surface area (Å²) in [4.78, 5) is 3.78. The Morgan fingerprint density at radius 1 is 1.56 bits per heavy atom. The van der Waals surface area contributed by atoms with E-state index in [1.54, 1.807) is 12.4 Å². The number of nitriles is 1. The Morgan fingerprint density at radius 2 is 2.28 bits per heavy atom. The summed E-state index contributed by atoms with van der Waals surface area (Å²) >= 11 is 1.08. The van der Waals surface area contributed by atoms with Crippen molar-refractivity contribution in [1.29, 1.82) is 5.26 Å². The molecule has 0 spiro atoms. The first-order valence-electron chi connectivity index (χ1n) is 4.59. The van der Waals surface area contributed by atoms with E-state index in [1.807, 2.05) is 0 Å². The number of nitrogens with one attached hydrogen (secondary N) is 1. The van der Waals surface area contributed by atoms with E-state index in [1.165, 1.54) is 12.1 Å². The largest absolute Gasteiger partial charge is 0.432 e. The van der Waals surface area contributed by atoms with Crippen LogP contribution in [-0.4, -0.2) is 18.0 Å². The van der Waals surface area contributed by atoms with Crippen LogP contribution in [0.5, 0.6) is 5.75 Å². The molecule has 0 unspecified atom stereocenters. The van der Waals surface area contributed by atoms with Crippen LogP contribution in [0.15, 0.2) is 23.2 Å². The average Bonchev–Trinajstić information content (AvgIpc) is 2.32. The van der Waals surface area contributed by atoms with Gasteiger partial charge >= 0.3 is 6.61 Å². The standard InChI is InChI=1S/C10H8F3N3OS/c1-18-10(15-5-14)16-6-3-2-4-7(8(6)11)17-9(12)13/h2-4,9H,1H3,(H,15,16). The molecule has 0 fully saturated rings. The molecule has 0 radical (unpaired) electrons. The maximum absolute atomic E-state index is 13.7. The number of nitrogens with zero attached hydrogens (tertiary/aromatic N) is 2. The highest BCUT2D eigenvalue weighted by Crippen LogP contribution is 2.28. The lowest BCUT2D eigenvalue weighted by molar-refractivity contribution is -0.0521. The summed E-state index contributed by atoms with van der Waals surface area (Å²) in [6, 6.07) is 3.67. The molecular weight excluding hydrogens is 267 g/mol. The Bertz CT molecular complexity index is 488. The van der Waals surface area contributed by atoms with Crippen LogP contribution in [0.2, 0.25) is 0 Å². The zero-order valence-electron chi connectivity index (χ0n) is 9.15. The molecule has 96 valence electrons. The maximum Gasteiger partial charge on any atom is 0.387 e. The van der Waals surface area contributed by atoms with Crippen molar-refractivity contribution >= 4 is 22.6 Å². The monoisotopic (exact) mass is 275 g/mol. The number of hydrogen-bond donors (Lipinski definition) is 1. The Morgan fingerprint density at radius 3 is 2.83 bits per heavy atom. The number of benzene rings is 1. The second-order valence-corrected chi connectivity index (χ2v) is 3.62. The third-order valence-corrected chi connectivity index (χ3v) is 2.32. The average molecular weight is 275 g/mol. The van der Waals surface area contributed by atoms with Gasteiger partial charge in [0.25, 0.3) is 0 Å². The van der Waals surface area contributed by atoms with Crippen LogP contribution in [0.3, 0.4) is 0 Å². The predicted molar refractivity (Wildman–Crippen MR) is 62.4 cm³/mol. The molecule has 1 aromatic rings. The molecule has 0 aliphatic heterocycles. The summed E-state index contributed by atoms with van der Waals surface area (Å²) in [5.41, 5.74) is -0.194. The maximum atomic E-state index is 13.7. The van der Waals surface area contributed by atoms with E-state index in [0.29, 0.717) is 0 Å². The number of alkyl halides is 2. The van der Waals surface area contributed by atoms with Crippen molar-refractivity contribution in [3.63, 3.8) is 0 Å². The number of rotatable bonds is 3. The fraction of sp³-hybridized carbons (Fsp3) is 0.200. The SMILES string of the molecule is CSC(=Nc1cccc(OC(F)F)c1F)NC#N. The molecule has 0 aliphatic carbocycles. The molecule has 0 amide bonds. The molecule has 8 heteroatoms. The Labute approximate surface area is 105 Å². The van der Waals surface area contributed by atoms with Gasteiger partial charge in [-0.15, -0.1) is 0 Å². The lowest BCUT2D eigenvalue weighted by Gasteiger charge is -2.07. The van der Waals surface area contributed by atoms with Crippen LogP contribution in [0.1, 0.15) is 0 Å². The van der Waals surface area contributed by atoms with Crippen LogP contribution >= 0.6 is 11.8 Å². The van der Waals surface area contributed by atoms with Crippen LogP contribution in [0.4, 0.5) is 18.9 Å². The van der Waals surface area contributed by atoms with E-state index in [-0.39, 0.29) is 10.9 Å². The van der Waals surface area contributed by atoms with Gasteiger partial charge in [0.05, 0.1) is 0 Å². The van der Waals surface area contributed by atoms with Crippen molar-refractivity contribution in [2.75, 3.05) is 6.26 Å². The Balaban J connectivity index is 3.07. The minimum absolute atomic E-state index is 0.144. The van der Waals surface area contributed by atoms with Crippen molar-refractivity contribution in [1.82, 2.24) is 5.32 Å². The summed E-state index contributed by atoms with van der Waals surface area (Å²) < 4.78 is 41.7. The number of halogens is 3. The molecular formula is C10H8F3N3OS. The smallest absolute Gasteiger partial charge is 0.387 e. The second kappa shape index (κ2) is 6.76. The number of thioether (sulfide) groups is 1. The van der Waals surface area contributed by atoms with Crippen LogP contribution < -0.4 is 10.1 Å². The minimum Gasteiger partial charge on any atom is -0.432 e. The van der Waals surface area contributed by atoms with Gasteiger partial charge < -0.3 is 4.74 Å². The fourth-order valence-corrected chi connectivity index (χ4v) is 1.39. The number of hydrogen-bond acceptors (Lipinski definition) is 4. The van der Waals surface area contributed by atoms with Gasteiger partial charge in [0.2, 0.25) is 0 Å². The molecule has 1 N–H and O–H groups in total. The van der Waals surface area contributed by atoms with Gasteiger partial charge in [0.15, 0.2) is 22.9 Å². The molecule has 0 aromatic heterocycles. The molecule has 0 saturated carbocycles. The fourth-order valence-electron chi connectivity index (χ4n) is 1.05. The van der Waals surface area contributed by atoms with Crippen molar-refractivity contribution in [2.45, 2.75) is 6.61 Å². The quantitative estimate of drug-likeness (QED) is 0.399. The lowest BCUT2D eigenvalue weighted by Crippen LogP contribution is -2.12. The van der Waals surface area contributed by atoms with Gasteiger partial charge in [-0.25, -0.2) is 9.38 Å². The first kappa shape index (κ1) is 14.2. The highest BCUT2D eigenvalue weighted by molar-refractivity contribution is 8.13. The van der Waals surface area contributed by atoms with Gasteiger partial charge in [0, 0.05) is 0 Å². The van der Waals surface area contributed by atoms with Crippen molar-refractivity contribution in [2.24, 2.45) is 4.99 Å². The molecule has 0 saturated heterocycles. The van der Waals surface area contributed by atoms with E-state index < -0.39 is 18.2 Å². The van der Waals surface area contributed by atoms with Gasteiger partial charge in [-0.05, 0) is 18.4 Å². The van der Waals surface area contributed by atoms with Crippen molar-refractivity contribution < 1.29 is 17.9 Å². The highest BCUT2D eigenvalue weighted by atomic mass is 32.2. The first-order chi connectivity index (χ1) is 8.58. The van der Waals surface area contributed by atoms with E-state index >= 15 is 0 Å². The number of amidine groups is 1. The Hall–Kier alpha value is -1.88. The summed E-state index contributed by atoms with van der Waals surface area (Å²) in [7, 11) is 0. The third-order valence-electron chi connectivity index (χ3n) is 1.74. The molecule has 0 aliphatic rings. The molecule has 18 heavy (non-hydrogen) atoms. The topological polar surface area (TPSA) is 57.4 Å². The van der Waals surface area contributed by atoms with E-state index in [0.717, 1.165) is 17.8 Å². The predicted octanol–water partition coefficient (Wildman–Crippen LogP) is 2.85. The molecule has 4 nitrogen and oxygen atoms in total. The summed E-state index contributed by atoms with van der Waals surface area (Å²) in [6.07, 6.45) is 3.26. The zero-order chi connectivity index (χ0) is 13.5. The van der Waals surface area contributed by atoms with Gasteiger partial charge in [-0.3, -0.25) is 5.32 Å². The Kier molecular flexibility index (Phi) is 5.32. The van der Waals surface area contributed by atoms with Crippen LogP contribution in [-0.2, 0) is 0 Å². The molecule has 0 bridgehead atoms. The van der Waals surface area contributed by atoms with Crippen LogP contribution in [0, 0.1) is 17.3 Å². The van der Waals surface area contributed by atoms with Crippen molar-refractivity contribution in [3.05, 3.63) is 24.0 Å². The van der Waals surface area contributed by atoms with Crippen LogP contribution in [0.25, 0.3) is 0 Å². The first-order valence-corrected chi connectivity index (χ1v) is 5.82. The summed E-state index contributed by atoms with van der Waals surface area (Å²) in [6.45, 7) is -3.11. The minimum atomic E-state index is -3.11. The number of aliphatic imine (C=N–C) groups is 1. The second-order valence-electron chi connectivity index (χ2n) is 2.83. The zero-order valence-corrected chi connectivity index (χ0v) is 9.97. The number of ether oxygens (including phenoxy) is 1. The molecule has 1 rings (SSSR count). The van der Waals surface area contributed by atoms with Crippen molar-refractivity contribution in [3.8, 4) is 11.9 Å². The molecule has 0 heterocycles. The summed E-state index contributed by atoms with van der Waals surface area (Å²) in [5.74, 6) is -1.60. The third kappa shape index (κ3) is 3.85. The van der Waals surface area contributed by atoms with Gasteiger partial charge in [0.1, 0.15) is 5.69 Å². The van der Waals surface area contributed by atoms with Gasteiger partial charge in [-0.1, -0.05) is 17.8 Å². The van der Waals surface area contributed by atoms with E-state index in [9.17, 15) is 13.2 Å². The van der Waals surface area contributed by atoms with E-state index in [4.69, 9.17) is 5.26 Å². The van der Waals surface area contributed by atoms with Gasteiger partial charge in [-0.2, -0.15) is 14.0 Å². The lowest BCUT2D eigenvalue weighted by atomic mass is 10.3. The summed E-state index contributed by atoms with van der Waals surface area (Å²) in [5, 5.41) is 10.8. The van der Waals surface area contributed by atoms with E-state index in [2.05, 4.69) is 15.0 Å². The normalized spacial score (nSPS) is 11.2.